The van der Waals surface area contributed by atoms with Crippen LogP contribution < -0.4 is 9.80 Å². The Morgan fingerprint density at radius 3 is 1.56 bits per heavy atom. The van der Waals surface area contributed by atoms with Gasteiger partial charge in [-0.05, 0) is 168 Å². The third kappa shape index (κ3) is 10.3. The molecule has 7 aromatic heterocycles. The van der Waals surface area contributed by atoms with Crippen molar-refractivity contribution in [2.75, 3.05) is 9.80 Å². The number of aromatic nitrogens is 4. The van der Waals surface area contributed by atoms with E-state index in [1.165, 1.54) is 30.9 Å². The van der Waals surface area contributed by atoms with Gasteiger partial charge in [0.2, 0.25) is 11.8 Å². The number of furan rings is 2. The second kappa shape index (κ2) is 25.6. The Hall–Kier alpha value is -15.3. The summed E-state index contributed by atoms with van der Waals surface area (Å²) in [5.74, 6) is 1.10. The summed E-state index contributed by atoms with van der Waals surface area (Å²) >= 11 is 1.82. The number of thiophene rings is 1. The highest BCUT2D eigenvalue weighted by Gasteiger charge is 2.28. The van der Waals surface area contributed by atoms with Gasteiger partial charge in [-0.2, -0.15) is 0 Å². The van der Waals surface area contributed by atoms with E-state index >= 15 is 0 Å². The van der Waals surface area contributed by atoms with Crippen LogP contribution in [0.3, 0.4) is 0 Å². The standard InChI is InChI=1S/C104H62N6O4S/c1-5-23-63(24-6-1)74-33-13-16-39-87(74)109(90-42-22-41-89-100(90)81-35-14-17-40-88(81)108(89)69-29-9-3-10-30-69)71-48-45-64(46-49-71)75-36-20-37-79-82-59-85-97(62-95(82)111-101(75)79)114-104(105-85)68-28-19-27-66(55-68)67-47-52-76-77-53-50-73(58-93(77)110(92(76)56-67)70-31-11-4-12-32-70)107(72-51-54-99-84(57-72)78-34-15-18-44-98(78)115-99)91-43-21-38-80-83-60-96-86(61-94(83)112-102(80)91)106-103(113-96)65-25-7-2-8-26-65/h1-62H. The second-order valence-corrected chi connectivity index (χ2v) is 30.6. The van der Waals surface area contributed by atoms with E-state index in [-0.39, 0.29) is 0 Å². The van der Waals surface area contributed by atoms with E-state index in [0.29, 0.717) is 22.9 Å². The van der Waals surface area contributed by atoms with Crippen LogP contribution in [0.2, 0.25) is 0 Å². The minimum Gasteiger partial charge on any atom is -0.455 e. The van der Waals surface area contributed by atoms with Gasteiger partial charge in [0.05, 0.1) is 39.1 Å². The van der Waals surface area contributed by atoms with Gasteiger partial charge in [-0.25, -0.2) is 9.97 Å². The molecule has 11 heteroatoms. The first-order valence-electron chi connectivity index (χ1n) is 38.6. The van der Waals surface area contributed by atoms with Crippen LogP contribution in [0.1, 0.15) is 0 Å². The molecule has 0 fully saturated rings. The Labute approximate surface area is 661 Å². The largest absolute Gasteiger partial charge is 0.455 e. The molecule has 0 amide bonds. The predicted octanol–water partition coefficient (Wildman–Crippen LogP) is 29.6. The molecule has 538 valence electrons. The van der Waals surface area contributed by atoms with Crippen LogP contribution in [0.25, 0.3) is 198 Å². The summed E-state index contributed by atoms with van der Waals surface area (Å²) in [5.41, 5.74) is 26.6. The molecule has 0 N–H and O–H groups in total. The first-order chi connectivity index (χ1) is 57.0. The second-order valence-electron chi connectivity index (χ2n) is 29.5. The lowest BCUT2D eigenvalue weighted by Gasteiger charge is -2.29. The number of rotatable bonds is 13. The number of para-hydroxylation sites is 6. The van der Waals surface area contributed by atoms with Crippen LogP contribution >= 0.6 is 11.3 Å². The summed E-state index contributed by atoms with van der Waals surface area (Å²) in [4.78, 5) is 14.9. The Balaban J connectivity index is 0.581. The van der Waals surface area contributed by atoms with Gasteiger partial charge in [-0.1, -0.05) is 218 Å². The van der Waals surface area contributed by atoms with Crippen molar-refractivity contribution in [1.82, 2.24) is 19.1 Å². The van der Waals surface area contributed by atoms with Crippen molar-refractivity contribution >= 4 is 175 Å². The minimum atomic E-state index is 0.527. The van der Waals surface area contributed by atoms with Gasteiger partial charge in [-0.15, -0.1) is 11.3 Å². The van der Waals surface area contributed by atoms with E-state index in [0.717, 1.165) is 178 Å². The molecule has 7 heterocycles. The van der Waals surface area contributed by atoms with Gasteiger partial charge < -0.3 is 36.6 Å². The Morgan fingerprint density at radius 1 is 0.243 bits per heavy atom. The van der Waals surface area contributed by atoms with Gasteiger partial charge >= 0.3 is 0 Å². The van der Waals surface area contributed by atoms with Crippen LogP contribution in [0.15, 0.2) is 394 Å². The minimum absolute atomic E-state index is 0.527. The average molecular weight is 1490 g/mol. The van der Waals surface area contributed by atoms with Crippen LogP contribution in [0.5, 0.6) is 0 Å². The molecule has 0 aliphatic heterocycles. The van der Waals surface area contributed by atoms with E-state index in [9.17, 15) is 0 Å². The normalized spacial score (nSPS) is 12.0. The van der Waals surface area contributed by atoms with Crippen LogP contribution in [-0.4, -0.2) is 19.1 Å². The Kier molecular flexibility index (Phi) is 14.4. The first kappa shape index (κ1) is 64.5. The summed E-state index contributed by atoms with van der Waals surface area (Å²) in [7, 11) is 0. The highest BCUT2D eigenvalue weighted by molar-refractivity contribution is 7.25. The molecule has 115 heavy (non-hydrogen) atoms. The van der Waals surface area contributed by atoms with Gasteiger partial charge in [0.25, 0.3) is 0 Å². The average Bonchev–Trinajstić information content (AvgIpc) is 1.70. The van der Waals surface area contributed by atoms with Crippen molar-refractivity contribution in [3.8, 4) is 67.7 Å². The van der Waals surface area contributed by atoms with E-state index in [1.54, 1.807) is 0 Å². The number of oxazole rings is 2. The summed E-state index contributed by atoms with van der Waals surface area (Å²) in [5, 5.41) is 10.9. The SMILES string of the molecule is c1ccc(-c2nc3cc4oc5c(N(c6ccc7sc8ccccc8c7c6)c6ccc7c8ccc(-c9cccc(-c%10nc%11cc%12c(cc%11o%10)oc%10c(-c%11ccc(N(c%13ccccc%13-c%13ccccc%13)c%13cccc%14c%13c%13ccccc%13n%14-c%13ccccc%13)cc%11)cccc%10%12)c9)cc8n(-c8ccccc8)c7c6)cccc5c4cc3o2)cc1. The zero-order valence-electron chi connectivity index (χ0n) is 61.5. The molecule has 17 aromatic carbocycles. The maximum Gasteiger partial charge on any atom is 0.227 e. The Morgan fingerprint density at radius 2 is 0.748 bits per heavy atom. The van der Waals surface area contributed by atoms with Crippen molar-refractivity contribution in [2.45, 2.75) is 0 Å². The molecule has 0 aliphatic rings. The van der Waals surface area contributed by atoms with Crippen molar-refractivity contribution < 1.29 is 17.7 Å². The van der Waals surface area contributed by atoms with Crippen LogP contribution in [0, 0.1) is 0 Å². The Bertz CT molecular complexity index is 8050. The van der Waals surface area contributed by atoms with E-state index in [1.807, 2.05) is 53.8 Å². The highest BCUT2D eigenvalue weighted by atomic mass is 32.1. The molecule has 10 nitrogen and oxygen atoms in total. The summed E-state index contributed by atoms with van der Waals surface area (Å²) in [6.07, 6.45) is 0. The number of benzene rings is 17. The fourth-order valence-electron chi connectivity index (χ4n) is 17.7. The molecule has 24 aromatic rings. The molecule has 0 radical (unpaired) electrons. The first-order valence-corrected chi connectivity index (χ1v) is 39.5. The van der Waals surface area contributed by atoms with Crippen molar-refractivity contribution in [3.05, 3.63) is 376 Å². The fraction of sp³-hybridized carbons (Fsp3) is 0. The van der Waals surface area contributed by atoms with Gasteiger partial charge in [0.1, 0.15) is 27.8 Å². The maximum atomic E-state index is 7.07. The van der Waals surface area contributed by atoms with Crippen molar-refractivity contribution in [2.24, 2.45) is 0 Å². The predicted molar refractivity (Wildman–Crippen MR) is 474 cm³/mol. The molecule has 0 spiro atoms. The quantitative estimate of drug-likeness (QED) is 0.113. The topological polar surface area (TPSA) is 94.7 Å². The number of fused-ring (bicyclic) bond motifs is 17. The summed E-state index contributed by atoms with van der Waals surface area (Å²) in [6, 6.07) is 134. The fourth-order valence-corrected chi connectivity index (χ4v) is 18.8. The van der Waals surface area contributed by atoms with Crippen molar-refractivity contribution in [3.63, 3.8) is 0 Å². The van der Waals surface area contributed by atoms with Gasteiger partial charge in [-0.3, -0.25) is 0 Å². The molecule has 0 saturated heterocycles. The lowest BCUT2D eigenvalue weighted by Crippen LogP contribution is -2.11. The lowest BCUT2D eigenvalue weighted by atomic mass is 9.99. The molecule has 0 bridgehead atoms. The summed E-state index contributed by atoms with van der Waals surface area (Å²) < 4.78 is 34.5. The molecular formula is C104H62N6O4S. The molecular weight excluding hydrogens is 1430 g/mol. The number of hydrogen-bond donors (Lipinski definition) is 0. The smallest absolute Gasteiger partial charge is 0.227 e. The molecule has 0 unspecified atom stereocenters. The van der Waals surface area contributed by atoms with E-state index < -0.39 is 0 Å². The molecule has 24 rings (SSSR count). The number of nitrogens with zero attached hydrogens (tertiary/aromatic N) is 6. The zero-order valence-corrected chi connectivity index (χ0v) is 62.3. The highest BCUT2D eigenvalue weighted by Crippen LogP contribution is 2.51. The van der Waals surface area contributed by atoms with Crippen LogP contribution in [-0.2, 0) is 0 Å². The zero-order chi connectivity index (χ0) is 75.3. The maximum absolute atomic E-state index is 7.07. The lowest BCUT2D eigenvalue weighted by molar-refractivity contribution is 0.617. The van der Waals surface area contributed by atoms with Gasteiger partial charge in [0.15, 0.2) is 16.7 Å². The third-order valence-electron chi connectivity index (χ3n) is 22.9. The monoisotopic (exact) mass is 1490 g/mol. The third-order valence-corrected chi connectivity index (χ3v) is 24.1. The van der Waals surface area contributed by atoms with Crippen LogP contribution in [0.4, 0.5) is 34.1 Å². The number of anilines is 6. The van der Waals surface area contributed by atoms with E-state index in [2.05, 4.69) is 353 Å². The number of hydrogen-bond acceptors (Lipinski definition) is 9. The summed E-state index contributed by atoms with van der Waals surface area (Å²) in [6.45, 7) is 0. The van der Waals surface area contributed by atoms with Gasteiger partial charge in [0, 0.05) is 126 Å². The molecule has 0 saturated carbocycles. The van der Waals surface area contributed by atoms with Crippen molar-refractivity contribution in [1.29, 1.82) is 0 Å². The molecule has 0 atom stereocenters. The van der Waals surface area contributed by atoms with E-state index in [4.69, 9.17) is 27.6 Å². The molecule has 0 aliphatic carbocycles.